The summed E-state index contributed by atoms with van der Waals surface area (Å²) in [7, 11) is 0. The Morgan fingerprint density at radius 2 is 1.85 bits per heavy atom. The van der Waals surface area contributed by atoms with E-state index in [1.807, 2.05) is 0 Å². The Morgan fingerprint density at radius 1 is 1.15 bits per heavy atom. The molecule has 0 unspecified atom stereocenters. The minimum Gasteiger partial charge on any atom is -0.383 e. The van der Waals surface area contributed by atoms with E-state index in [9.17, 15) is 22.4 Å². The minimum absolute atomic E-state index is 0.147. The molecule has 3 nitrogen and oxygen atoms in total. The summed E-state index contributed by atoms with van der Waals surface area (Å²) in [5.74, 6) is -2.17. The number of nitrogens with two attached hydrogens (primary N) is 1. The Bertz CT molecular complexity index is 668. The first-order valence-electron chi connectivity index (χ1n) is 5.42. The molecule has 2 N–H and O–H groups in total. The molecule has 20 heavy (non-hydrogen) atoms. The van der Waals surface area contributed by atoms with Crippen LogP contribution in [0.3, 0.4) is 0 Å². The molecule has 1 aromatic carbocycles. The van der Waals surface area contributed by atoms with Crippen LogP contribution in [-0.4, -0.2) is 10.8 Å². The van der Waals surface area contributed by atoms with E-state index in [4.69, 9.17) is 5.73 Å². The molecule has 0 saturated heterocycles. The smallest absolute Gasteiger partial charge is 0.383 e. The molecule has 0 fully saturated rings. The predicted molar refractivity (Wildman–Crippen MR) is 63.5 cm³/mol. The maximum absolute atomic E-state index is 13.6. The van der Waals surface area contributed by atoms with Gasteiger partial charge in [-0.3, -0.25) is 4.79 Å². The summed E-state index contributed by atoms with van der Waals surface area (Å²) in [6.07, 6.45) is -3.35. The van der Waals surface area contributed by atoms with Crippen LogP contribution in [0, 0.1) is 5.82 Å². The molecule has 1 heterocycles. The fraction of sp³-hybridized carbons (Fsp3) is 0.0769. The van der Waals surface area contributed by atoms with Crippen LogP contribution in [0.4, 0.5) is 23.4 Å². The Hall–Kier alpha value is -2.44. The molecule has 0 amide bonds. The molecule has 0 atom stereocenters. The van der Waals surface area contributed by atoms with Gasteiger partial charge in [0.1, 0.15) is 11.6 Å². The molecular weight excluding hydrogens is 276 g/mol. The second kappa shape index (κ2) is 4.92. The van der Waals surface area contributed by atoms with Crippen LogP contribution in [0.1, 0.15) is 21.5 Å². The SMILES string of the molecule is Nc1ncccc1C(=O)c1cc(C(F)(F)F)ccc1F. The van der Waals surface area contributed by atoms with E-state index in [2.05, 4.69) is 4.98 Å². The molecule has 0 aliphatic heterocycles. The highest BCUT2D eigenvalue weighted by Gasteiger charge is 2.32. The first-order valence-corrected chi connectivity index (χ1v) is 5.42. The molecule has 0 aliphatic carbocycles. The third kappa shape index (κ3) is 2.61. The number of halogens is 4. The molecule has 0 saturated carbocycles. The number of pyridine rings is 1. The Labute approximate surface area is 111 Å². The largest absolute Gasteiger partial charge is 0.416 e. The molecule has 1 aromatic heterocycles. The summed E-state index contributed by atoms with van der Waals surface area (Å²) < 4.78 is 51.3. The van der Waals surface area contributed by atoms with E-state index in [0.717, 1.165) is 0 Å². The van der Waals surface area contributed by atoms with Gasteiger partial charge in [0.15, 0.2) is 5.78 Å². The third-order valence-corrected chi connectivity index (χ3v) is 2.62. The number of hydrogen-bond donors (Lipinski definition) is 1. The van der Waals surface area contributed by atoms with Crippen LogP contribution >= 0.6 is 0 Å². The number of alkyl halides is 3. The zero-order chi connectivity index (χ0) is 14.9. The minimum atomic E-state index is -4.66. The highest BCUT2D eigenvalue weighted by atomic mass is 19.4. The summed E-state index contributed by atoms with van der Waals surface area (Å²) >= 11 is 0. The fourth-order valence-corrected chi connectivity index (χ4v) is 1.63. The van der Waals surface area contributed by atoms with E-state index in [-0.39, 0.29) is 11.4 Å². The average molecular weight is 284 g/mol. The van der Waals surface area contributed by atoms with Crippen molar-refractivity contribution in [1.29, 1.82) is 0 Å². The van der Waals surface area contributed by atoms with Crippen molar-refractivity contribution in [2.75, 3.05) is 5.73 Å². The number of carbonyl (C=O) groups is 1. The molecule has 2 aromatic rings. The molecular formula is C13H8F4N2O. The summed E-state index contributed by atoms with van der Waals surface area (Å²) in [6.45, 7) is 0. The van der Waals surface area contributed by atoms with Gasteiger partial charge in [-0.1, -0.05) is 0 Å². The van der Waals surface area contributed by atoms with Crippen LogP contribution in [0.25, 0.3) is 0 Å². The lowest BCUT2D eigenvalue weighted by Gasteiger charge is -2.10. The number of carbonyl (C=O) groups excluding carboxylic acids is 1. The van der Waals surface area contributed by atoms with Crippen molar-refractivity contribution in [2.24, 2.45) is 0 Å². The second-order valence-electron chi connectivity index (χ2n) is 3.96. The number of nitrogen functional groups attached to an aromatic ring is 1. The number of benzene rings is 1. The maximum atomic E-state index is 13.6. The van der Waals surface area contributed by atoms with Crippen LogP contribution in [0.15, 0.2) is 36.5 Å². The van der Waals surface area contributed by atoms with Gasteiger partial charge in [0.05, 0.1) is 16.7 Å². The van der Waals surface area contributed by atoms with Gasteiger partial charge in [-0.2, -0.15) is 13.2 Å². The number of aromatic nitrogens is 1. The molecule has 7 heteroatoms. The maximum Gasteiger partial charge on any atom is 0.416 e. The normalized spacial score (nSPS) is 11.4. The summed E-state index contributed by atoms with van der Waals surface area (Å²) in [4.78, 5) is 15.7. The quantitative estimate of drug-likeness (QED) is 0.681. The van der Waals surface area contributed by atoms with Gasteiger partial charge in [-0.25, -0.2) is 9.37 Å². The first-order chi connectivity index (χ1) is 9.30. The van der Waals surface area contributed by atoms with Gasteiger partial charge < -0.3 is 5.73 Å². The number of nitrogens with zero attached hydrogens (tertiary/aromatic N) is 1. The van der Waals surface area contributed by atoms with Crippen LogP contribution in [0.5, 0.6) is 0 Å². The number of hydrogen-bond acceptors (Lipinski definition) is 3. The summed E-state index contributed by atoms with van der Waals surface area (Å²) in [5, 5.41) is 0. The van der Waals surface area contributed by atoms with Gasteiger partial charge in [0.25, 0.3) is 0 Å². The van der Waals surface area contributed by atoms with Gasteiger partial charge in [0.2, 0.25) is 0 Å². The van der Waals surface area contributed by atoms with Gasteiger partial charge >= 0.3 is 6.18 Å². The fourth-order valence-electron chi connectivity index (χ4n) is 1.63. The zero-order valence-electron chi connectivity index (χ0n) is 9.91. The Kier molecular flexibility index (Phi) is 3.44. The molecule has 0 bridgehead atoms. The first kappa shape index (κ1) is 14.0. The molecule has 0 spiro atoms. The number of anilines is 1. The lowest BCUT2D eigenvalue weighted by molar-refractivity contribution is -0.137. The summed E-state index contributed by atoms with van der Waals surface area (Å²) in [6, 6.07) is 4.28. The standard InChI is InChI=1S/C13H8F4N2O/c14-10-4-3-7(13(15,16)17)6-9(10)11(20)8-2-1-5-19-12(8)18/h1-6H,(H2,18,19). The van der Waals surface area contributed by atoms with Crippen molar-refractivity contribution in [3.05, 3.63) is 59.0 Å². The third-order valence-electron chi connectivity index (χ3n) is 2.62. The van der Waals surface area contributed by atoms with E-state index in [0.29, 0.717) is 18.2 Å². The van der Waals surface area contributed by atoms with Crippen molar-refractivity contribution in [1.82, 2.24) is 4.98 Å². The van der Waals surface area contributed by atoms with Crippen molar-refractivity contribution in [2.45, 2.75) is 6.18 Å². The summed E-state index contributed by atoms with van der Waals surface area (Å²) in [5.41, 5.74) is 3.51. The Balaban J connectivity index is 2.53. The monoisotopic (exact) mass is 284 g/mol. The lowest BCUT2D eigenvalue weighted by Crippen LogP contribution is -2.12. The van der Waals surface area contributed by atoms with Crippen LogP contribution in [-0.2, 0) is 6.18 Å². The zero-order valence-corrected chi connectivity index (χ0v) is 9.91. The van der Waals surface area contributed by atoms with E-state index in [1.165, 1.54) is 18.3 Å². The molecule has 104 valence electrons. The van der Waals surface area contributed by atoms with Gasteiger partial charge in [0, 0.05) is 6.20 Å². The van der Waals surface area contributed by atoms with E-state index < -0.39 is 28.9 Å². The van der Waals surface area contributed by atoms with Crippen molar-refractivity contribution in [3.63, 3.8) is 0 Å². The molecule has 2 rings (SSSR count). The Morgan fingerprint density at radius 3 is 2.45 bits per heavy atom. The highest BCUT2D eigenvalue weighted by Crippen LogP contribution is 2.31. The number of rotatable bonds is 2. The lowest BCUT2D eigenvalue weighted by atomic mass is 10.0. The van der Waals surface area contributed by atoms with E-state index in [1.54, 1.807) is 0 Å². The number of ketones is 1. The van der Waals surface area contributed by atoms with Crippen LogP contribution < -0.4 is 5.73 Å². The highest BCUT2D eigenvalue weighted by molar-refractivity contribution is 6.11. The average Bonchev–Trinajstić information content (AvgIpc) is 2.37. The van der Waals surface area contributed by atoms with Gasteiger partial charge in [-0.15, -0.1) is 0 Å². The van der Waals surface area contributed by atoms with E-state index >= 15 is 0 Å². The topological polar surface area (TPSA) is 56.0 Å². The predicted octanol–water partition coefficient (Wildman–Crippen LogP) is 3.05. The second-order valence-corrected chi connectivity index (χ2v) is 3.96. The van der Waals surface area contributed by atoms with Crippen molar-refractivity contribution >= 4 is 11.6 Å². The van der Waals surface area contributed by atoms with Crippen molar-refractivity contribution in [3.8, 4) is 0 Å². The van der Waals surface area contributed by atoms with Crippen LogP contribution in [0.2, 0.25) is 0 Å². The molecule has 0 aliphatic rings. The van der Waals surface area contributed by atoms with Crippen molar-refractivity contribution < 1.29 is 22.4 Å². The molecule has 0 radical (unpaired) electrons. The van der Waals surface area contributed by atoms with Gasteiger partial charge in [-0.05, 0) is 30.3 Å².